The van der Waals surface area contributed by atoms with Crippen molar-refractivity contribution in [3.05, 3.63) is 46.1 Å². The molecule has 2 heterocycles. The number of benzene rings is 1. The van der Waals surface area contributed by atoms with Crippen LogP contribution < -0.4 is 9.47 Å². The molecule has 0 saturated carbocycles. The molecular formula is C14H15N3O5. The molecule has 0 aliphatic carbocycles. The lowest BCUT2D eigenvalue weighted by molar-refractivity contribution is -0.386. The van der Waals surface area contributed by atoms with Crippen molar-refractivity contribution in [1.82, 2.24) is 9.78 Å². The van der Waals surface area contributed by atoms with Gasteiger partial charge in [0.15, 0.2) is 0 Å². The van der Waals surface area contributed by atoms with Gasteiger partial charge in [-0.1, -0.05) is 12.1 Å². The molecular weight excluding hydrogens is 290 g/mol. The maximum Gasteiger partial charge on any atom is 0.350 e. The van der Waals surface area contributed by atoms with E-state index in [2.05, 4.69) is 5.10 Å². The van der Waals surface area contributed by atoms with Crippen LogP contribution in [0.2, 0.25) is 0 Å². The van der Waals surface area contributed by atoms with Gasteiger partial charge in [0.2, 0.25) is 0 Å². The molecule has 0 bridgehead atoms. The largest absolute Gasteiger partial charge is 0.497 e. The zero-order chi connectivity index (χ0) is 15.5. The van der Waals surface area contributed by atoms with Crippen LogP contribution >= 0.6 is 0 Å². The van der Waals surface area contributed by atoms with Gasteiger partial charge >= 0.3 is 11.6 Å². The van der Waals surface area contributed by atoms with Gasteiger partial charge in [0.05, 0.1) is 31.8 Å². The second kappa shape index (κ2) is 6.02. The fourth-order valence-corrected chi connectivity index (χ4v) is 2.04. The van der Waals surface area contributed by atoms with Crippen molar-refractivity contribution in [2.24, 2.45) is 0 Å². The van der Waals surface area contributed by atoms with Crippen molar-refractivity contribution >= 4 is 5.69 Å². The average Bonchev–Trinajstić information content (AvgIpc) is 2.87. The molecule has 1 fully saturated rings. The smallest absolute Gasteiger partial charge is 0.350 e. The van der Waals surface area contributed by atoms with E-state index in [0.717, 1.165) is 11.3 Å². The zero-order valence-electron chi connectivity index (χ0n) is 12.0. The van der Waals surface area contributed by atoms with E-state index in [1.165, 1.54) is 10.9 Å². The van der Waals surface area contributed by atoms with E-state index in [9.17, 15) is 10.1 Å². The molecule has 116 valence electrons. The monoisotopic (exact) mass is 305 g/mol. The molecule has 2 aromatic rings. The van der Waals surface area contributed by atoms with Gasteiger partial charge in [-0.3, -0.25) is 14.8 Å². The predicted octanol–water partition coefficient (Wildman–Crippen LogP) is 1.63. The van der Waals surface area contributed by atoms with Crippen molar-refractivity contribution in [2.45, 2.75) is 12.6 Å². The fraction of sp³-hybridized carbons (Fsp3) is 0.357. The second-order valence-corrected chi connectivity index (χ2v) is 4.90. The summed E-state index contributed by atoms with van der Waals surface area (Å²) in [5, 5.41) is 15.2. The van der Waals surface area contributed by atoms with E-state index >= 15 is 0 Å². The quantitative estimate of drug-likeness (QED) is 0.595. The molecule has 1 aliphatic rings. The molecule has 3 rings (SSSR count). The highest BCUT2D eigenvalue weighted by Gasteiger charge is 2.28. The summed E-state index contributed by atoms with van der Waals surface area (Å²) in [6.07, 6.45) is 1.21. The molecule has 0 unspecified atom stereocenters. The topological polar surface area (TPSA) is 88.7 Å². The molecule has 8 heteroatoms. The maximum atomic E-state index is 11.1. The number of aromatic nitrogens is 2. The van der Waals surface area contributed by atoms with Gasteiger partial charge in [-0.2, -0.15) is 0 Å². The highest BCUT2D eigenvalue weighted by atomic mass is 16.6. The van der Waals surface area contributed by atoms with Gasteiger partial charge in [-0.25, -0.2) is 0 Å². The lowest BCUT2D eigenvalue weighted by atomic mass is 10.2. The van der Waals surface area contributed by atoms with E-state index in [1.54, 1.807) is 7.11 Å². The molecule has 1 saturated heterocycles. The molecule has 22 heavy (non-hydrogen) atoms. The standard InChI is InChI=1S/C14H15N3O5/c1-20-11-4-2-10(3-5-11)6-16-7-13(17(18)19)14(15-16)22-12-8-21-9-12/h2-5,7,12H,6,8-9H2,1H3. The summed E-state index contributed by atoms with van der Waals surface area (Å²) in [6.45, 7) is 1.28. The summed E-state index contributed by atoms with van der Waals surface area (Å²) in [5.74, 6) is 0.788. The van der Waals surface area contributed by atoms with Crippen LogP contribution in [0.3, 0.4) is 0 Å². The minimum atomic E-state index is -0.494. The summed E-state index contributed by atoms with van der Waals surface area (Å²) in [5.41, 5.74) is 0.817. The van der Waals surface area contributed by atoms with Crippen molar-refractivity contribution in [1.29, 1.82) is 0 Å². The number of rotatable bonds is 6. The first-order valence-electron chi connectivity index (χ1n) is 6.75. The summed E-state index contributed by atoms with van der Waals surface area (Å²) in [6, 6.07) is 7.42. The van der Waals surface area contributed by atoms with Gasteiger partial charge in [-0.05, 0) is 17.7 Å². The Morgan fingerprint density at radius 2 is 2.14 bits per heavy atom. The molecule has 1 aromatic carbocycles. The lowest BCUT2D eigenvalue weighted by Crippen LogP contribution is -2.38. The van der Waals surface area contributed by atoms with Crippen molar-refractivity contribution in [2.75, 3.05) is 20.3 Å². The van der Waals surface area contributed by atoms with Gasteiger partial charge in [0.25, 0.3) is 0 Å². The third kappa shape index (κ3) is 3.01. The van der Waals surface area contributed by atoms with Crippen LogP contribution in [0.15, 0.2) is 30.5 Å². The highest BCUT2D eigenvalue weighted by Crippen LogP contribution is 2.27. The molecule has 1 aromatic heterocycles. The summed E-state index contributed by atoms with van der Waals surface area (Å²) < 4.78 is 17.1. The van der Waals surface area contributed by atoms with Crippen molar-refractivity contribution in [3.63, 3.8) is 0 Å². The Morgan fingerprint density at radius 1 is 1.41 bits per heavy atom. The van der Waals surface area contributed by atoms with Gasteiger partial charge in [0.1, 0.15) is 18.1 Å². The zero-order valence-corrected chi connectivity index (χ0v) is 12.0. The molecule has 1 aliphatic heterocycles. The third-order valence-electron chi connectivity index (χ3n) is 3.30. The lowest BCUT2D eigenvalue weighted by Gasteiger charge is -2.25. The van der Waals surface area contributed by atoms with Crippen LogP contribution in [0, 0.1) is 10.1 Å². The number of hydrogen-bond acceptors (Lipinski definition) is 6. The van der Waals surface area contributed by atoms with E-state index in [4.69, 9.17) is 14.2 Å². The number of hydrogen-bond donors (Lipinski definition) is 0. The minimum Gasteiger partial charge on any atom is -0.497 e. The number of nitrogens with zero attached hydrogens (tertiary/aromatic N) is 3. The van der Waals surface area contributed by atoms with Crippen LogP contribution in [0.4, 0.5) is 5.69 Å². The Balaban J connectivity index is 1.77. The molecule has 0 radical (unpaired) electrons. The Hall–Kier alpha value is -2.61. The van der Waals surface area contributed by atoms with Gasteiger partial charge in [0, 0.05) is 0 Å². The highest BCUT2D eigenvalue weighted by molar-refractivity contribution is 5.39. The Bertz CT molecular complexity index is 664. The number of ether oxygens (including phenoxy) is 3. The van der Waals surface area contributed by atoms with Gasteiger partial charge < -0.3 is 14.2 Å². The number of nitro groups is 1. The van der Waals surface area contributed by atoms with Crippen LogP contribution in [0.5, 0.6) is 11.6 Å². The molecule has 0 atom stereocenters. The molecule has 0 N–H and O–H groups in total. The van der Waals surface area contributed by atoms with Crippen LogP contribution in [-0.4, -0.2) is 41.1 Å². The van der Waals surface area contributed by atoms with E-state index in [-0.39, 0.29) is 17.7 Å². The normalized spacial score (nSPS) is 14.4. The fourth-order valence-electron chi connectivity index (χ4n) is 2.04. The first kappa shape index (κ1) is 14.3. The Morgan fingerprint density at radius 3 is 2.68 bits per heavy atom. The Labute approximate surface area is 126 Å². The summed E-state index contributed by atoms with van der Waals surface area (Å²) >= 11 is 0. The van der Waals surface area contributed by atoms with Crippen LogP contribution in [0.1, 0.15) is 5.56 Å². The number of methoxy groups -OCH3 is 1. The predicted molar refractivity (Wildman–Crippen MR) is 76.2 cm³/mol. The van der Waals surface area contributed by atoms with Crippen molar-refractivity contribution < 1.29 is 19.1 Å². The van der Waals surface area contributed by atoms with E-state index in [1.807, 2.05) is 24.3 Å². The average molecular weight is 305 g/mol. The summed E-state index contributed by atoms with van der Waals surface area (Å²) in [4.78, 5) is 10.6. The van der Waals surface area contributed by atoms with Gasteiger partial charge in [-0.15, -0.1) is 5.10 Å². The first-order valence-corrected chi connectivity index (χ1v) is 6.75. The van der Waals surface area contributed by atoms with E-state index < -0.39 is 4.92 Å². The maximum absolute atomic E-state index is 11.1. The molecule has 0 spiro atoms. The van der Waals surface area contributed by atoms with Crippen LogP contribution in [0.25, 0.3) is 0 Å². The Kier molecular flexibility index (Phi) is 3.92. The first-order chi connectivity index (χ1) is 10.7. The summed E-state index contributed by atoms with van der Waals surface area (Å²) in [7, 11) is 1.60. The van der Waals surface area contributed by atoms with E-state index in [0.29, 0.717) is 19.8 Å². The molecule has 0 amide bonds. The minimum absolute atomic E-state index is 0.0341. The third-order valence-corrected chi connectivity index (χ3v) is 3.30. The van der Waals surface area contributed by atoms with Crippen LogP contribution in [-0.2, 0) is 11.3 Å². The molecule has 8 nitrogen and oxygen atoms in total. The second-order valence-electron chi connectivity index (χ2n) is 4.90. The van der Waals surface area contributed by atoms with Crippen molar-refractivity contribution in [3.8, 4) is 11.6 Å². The SMILES string of the molecule is COc1ccc(Cn2cc([N+](=O)[O-])c(OC3COC3)n2)cc1.